The number of aliphatic hydroxyl groups excluding tert-OH is 2. The number of ether oxygens (including phenoxy) is 1. The van der Waals surface area contributed by atoms with Crippen molar-refractivity contribution >= 4 is 17.4 Å². The molecule has 1 aliphatic rings. The van der Waals surface area contributed by atoms with Crippen LogP contribution in [0.5, 0.6) is 0 Å². The third-order valence-corrected chi connectivity index (χ3v) is 3.56. The maximum absolute atomic E-state index is 11.8. The van der Waals surface area contributed by atoms with Crippen molar-refractivity contribution in [2.24, 2.45) is 0 Å². The molecule has 0 saturated carbocycles. The molecule has 1 saturated heterocycles. The zero-order valence-electron chi connectivity index (χ0n) is 10.5. The van der Waals surface area contributed by atoms with Gasteiger partial charge >= 0.3 is 5.69 Å². The summed E-state index contributed by atoms with van der Waals surface area (Å²) < 4.78 is 6.18. The first kappa shape index (κ1) is 14.7. The number of rotatable bonds is 2. The van der Waals surface area contributed by atoms with Crippen molar-refractivity contribution in [2.45, 2.75) is 36.3 Å². The summed E-state index contributed by atoms with van der Waals surface area (Å²) in [5, 5.41) is 23.4. The quantitative estimate of drug-likeness (QED) is 0.447. The van der Waals surface area contributed by atoms with Crippen molar-refractivity contribution in [2.75, 3.05) is 5.73 Å². The monoisotopic (exact) mass is 300 g/mol. The molecular weight excluding hydrogens is 288 g/mol. The highest BCUT2D eigenvalue weighted by molar-refractivity contribution is 6.27. The average Bonchev–Trinajstić information content (AvgIpc) is 2.64. The maximum atomic E-state index is 11.8. The lowest BCUT2D eigenvalue weighted by Gasteiger charge is -2.24. The van der Waals surface area contributed by atoms with Gasteiger partial charge < -0.3 is 20.7 Å². The third kappa shape index (κ3) is 2.14. The zero-order valence-corrected chi connectivity index (χ0v) is 11.2. The molecule has 0 bridgehead atoms. The van der Waals surface area contributed by atoms with E-state index in [2.05, 4.69) is 16.0 Å². The highest BCUT2D eigenvalue weighted by atomic mass is 35.5. The summed E-state index contributed by atoms with van der Waals surface area (Å²) in [7, 11) is 0. The number of hydrogen-bond donors (Lipinski definition) is 3. The fraction of sp³-hybridized carbons (Fsp3) is 0.545. The van der Waals surface area contributed by atoms with E-state index in [9.17, 15) is 15.0 Å². The summed E-state index contributed by atoms with van der Waals surface area (Å²) in [4.78, 5) is 13.5. The minimum atomic E-state index is -1.75. The van der Waals surface area contributed by atoms with E-state index in [1.165, 1.54) is 6.92 Å². The molecule has 9 heteroatoms. The minimum absolute atomic E-state index is 0.0715. The Labute approximate surface area is 119 Å². The molecule has 1 aromatic rings. The van der Waals surface area contributed by atoms with E-state index in [0.29, 0.717) is 0 Å². The Bertz CT molecular complexity index is 613. The highest BCUT2D eigenvalue weighted by Crippen LogP contribution is 2.43. The molecular formula is C11H13ClN4O4. The van der Waals surface area contributed by atoms with Gasteiger partial charge in [-0.1, -0.05) is 17.5 Å². The molecule has 1 unspecified atom stereocenters. The zero-order chi connectivity index (χ0) is 15.1. The molecule has 1 aromatic heterocycles. The Balaban J connectivity index is 2.50. The normalized spacial score (nSPS) is 34.6. The second-order valence-electron chi connectivity index (χ2n) is 4.46. The van der Waals surface area contributed by atoms with Gasteiger partial charge in [0.05, 0.1) is 12.3 Å². The van der Waals surface area contributed by atoms with Gasteiger partial charge in [0.15, 0.2) is 11.1 Å². The first-order chi connectivity index (χ1) is 9.31. The Morgan fingerprint density at radius 3 is 2.90 bits per heavy atom. The number of aliphatic hydroxyl groups is 2. The van der Waals surface area contributed by atoms with Crippen LogP contribution in [-0.4, -0.2) is 48.2 Å². The number of halogens is 1. The highest BCUT2D eigenvalue weighted by Gasteiger charge is 2.57. The molecule has 1 aliphatic heterocycles. The fourth-order valence-electron chi connectivity index (χ4n) is 2.00. The molecule has 4 N–H and O–H groups in total. The number of aromatic nitrogens is 3. The van der Waals surface area contributed by atoms with Gasteiger partial charge in [-0.05, 0) is 6.92 Å². The van der Waals surface area contributed by atoms with E-state index < -0.39 is 35.1 Å². The molecule has 0 amide bonds. The number of nitrogen functional groups attached to an aromatic ring is 1. The summed E-state index contributed by atoms with van der Waals surface area (Å²) >= 11 is 6.18. The van der Waals surface area contributed by atoms with Crippen molar-refractivity contribution in [3.8, 4) is 12.3 Å². The van der Waals surface area contributed by atoms with E-state index in [4.69, 9.17) is 28.5 Å². The third-order valence-electron chi connectivity index (χ3n) is 3.04. The number of nitrogens with zero attached hydrogens (tertiary/aromatic N) is 3. The minimum Gasteiger partial charge on any atom is -0.391 e. The number of alkyl halides is 1. The molecule has 0 aromatic carbocycles. The lowest BCUT2D eigenvalue weighted by Crippen LogP contribution is -2.45. The van der Waals surface area contributed by atoms with Crippen LogP contribution >= 0.6 is 11.6 Å². The summed E-state index contributed by atoms with van der Waals surface area (Å²) in [5.74, 6) is 2.11. The summed E-state index contributed by atoms with van der Waals surface area (Å²) in [5.41, 5.74) is 4.51. The van der Waals surface area contributed by atoms with Crippen LogP contribution in [0.1, 0.15) is 13.2 Å². The van der Waals surface area contributed by atoms with Gasteiger partial charge in [0.25, 0.3) is 0 Å². The van der Waals surface area contributed by atoms with Gasteiger partial charge in [-0.15, -0.1) is 6.42 Å². The molecule has 0 radical (unpaired) electrons. The topological polar surface area (TPSA) is 123 Å². The van der Waals surface area contributed by atoms with E-state index >= 15 is 0 Å². The van der Waals surface area contributed by atoms with Crippen molar-refractivity contribution in [3.05, 3.63) is 16.7 Å². The summed E-state index contributed by atoms with van der Waals surface area (Å²) in [6.45, 7) is 1.40. The van der Waals surface area contributed by atoms with Crippen LogP contribution < -0.4 is 11.4 Å². The maximum Gasteiger partial charge on any atom is 0.368 e. The van der Waals surface area contributed by atoms with E-state index in [1.807, 2.05) is 0 Å². The van der Waals surface area contributed by atoms with Crippen molar-refractivity contribution < 1.29 is 14.9 Å². The molecule has 2 heterocycles. The van der Waals surface area contributed by atoms with Crippen LogP contribution in [0, 0.1) is 12.3 Å². The molecule has 0 spiro atoms. The second-order valence-corrected chi connectivity index (χ2v) is 5.08. The van der Waals surface area contributed by atoms with Gasteiger partial charge in [-0.25, -0.2) is 4.79 Å². The molecule has 5 atom stereocenters. The Morgan fingerprint density at radius 1 is 1.75 bits per heavy atom. The molecule has 1 fully saturated rings. The number of anilines is 1. The van der Waals surface area contributed by atoms with E-state index in [-0.39, 0.29) is 5.82 Å². The molecule has 8 nitrogen and oxygen atoms in total. The Hall–Kier alpha value is -1.66. The van der Waals surface area contributed by atoms with Crippen molar-refractivity contribution in [3.63, 3.8) is 0 Å². The summed E-state index contributed by atoms with van der Waals surface area (Å²) in [6.07, 6.45) is 1.71. The molecule has 0 aliphatic carbocycles. The van der Waals surface area contributed by atoms with Crippen molar-refractivity contribution in [1.82, 2.24) is 14.8 Å². The van der Waals surface area contributed by atoms with Crippen LogP contribution in [0.4, 0.5) is 5.82 Å². The molecule has 108 valence electrons. The first-order valence-electron chi connectivity index (χ1n) is 5.71. The van der Waals surface area contributed by atoms with Crippen LogP contribution in [0.15, 0.2) is 11.0 Å². The van der Waals surface area contributed by atoms with Crippen LogP contribution in [0.3, 0.4) is 0 Å². The van der Waals surface area contributed by atoms with Gasteiger partial charge in [0.2, 0.25) is 0 Å². The van der Waals surface area contributed by atoms with Crippen molar-refractivity contribution in [1.29, 1.82) is 0 Å². The smallest absolute Gasteiger partial charge is 0.368 e. The fourth-order valence-corrected chi connectivity index (χ4v) is 2.27. The predicted octanol–water partition coefficient (Wildman–Crippen LogP) is -1.53. The first-order valence-corrected chi connectivity index (χ1v) is 6.08. The average molecular weight is 301 g/mol. The van der Waals surface area contributed by atoms with Crippen LogP contribution in [-0.2, 0) is 4.74 Å². The van der Waals surface area contributed by atoms with E-state index in [0.717, 1.165) is 10.9 Å². The molecule has 20 heavy (non-hydrogen) atoms. The second kappa shape index (κ2) is 5.03. The predicted molar refractivity (Wildman–Crippen MR) is 69.7 cm³/mol. The SMILES string of the molecule is C#C[C@@]1(Cl)C(O)[C@@H]([C@@H](C)O)O[C@H]1n1ncc(N)nc1=O. The Kier molecular flexibility index (Phi) is 3.71. The Morgan fingerprint density at radius 2 is 2.40 bits per heavy atom. The van der Waals surface area contributed by atoms with Gasteiger partial charge in [-0.2, -0.15) is 14.8 Å². The molecule has 2 rings (SSSR count). The standard InChI is InChI=1S/C11H13ClN4O4/c1-3-11(12)8(18)7(5(2)17)20-9(11)16-10(19)15-6(13)4-14-16/h1,4-5,7-9,17-18H,2H3,(H2,13,15,19)/t5-,7-,8?,9-,11-/m1/s1. The van der Waals surface area contributed by atoms with Gasteiger partial charge in [0, 0.05) is 0 Å². The number of terminal acetylenes is 1. The largest absolute Gasteiger partial charge is 0.391 e. The number of hydrogen-bond acceptors (Lipinski definition) is 7. The number of nitrogens with two attached hydrogens (primary N) is 1. The van der Waals surface area contributed by atoms with Gasteiger partial charge in [-0.3, -0.25) is 0 Å². The van der Waals surface area contributed by atoms with E-state index in [1.54, 1.807) is 0 Å². The summed E-state index contributed by atoms with van der Waals surface area (Å²) in [6, 6.07) is 0. The van der Waals surface area contributed by atoms with Crippen LogP contribution in [0.25, 0.3) is 0 Å². The van der Waals surface area contributed by atoms with Gasteiger partial charge in [0.1, 0.15) is 18.0 Å². The lowest BCUT2D eigenvalue weighted by atomic mass is 9.97. The van der Waals surface area contributed by atoms with Crippen LogP contribution in [0.2, 0.25) is 0 Å². The lowest BCUT2D eigenvalue weighted by molar-refractivity contribution is -0.0809.